The molecule has 0 amide bonds. The van der Waals surface area contributed by atoms with Crippen LogP contribution in [-0.4, -0.2) is 16.6 Å². The lowest BCUT2D eigenvalue weighted by Gasteiger charge is -2.10. The van der Waals surface area contributed by atoms with Gasteiger partial charge in [0.1, 0.15) is 5.75 Å². The maximum Gasteiger partial charge on any atom is 0.159 e. The van der Waals surface area contributed by atoms with Crippen molar-refractivity contribution in [3.8, 4) is 17.1 Å². The summed E-state index contributed by atoms with van der Waals surface area (Å²) in [5.74, 6) is 2.42. The second-order valence-electron chi connectivity index (χ2n) is 7.61. The quantitative estimate of drug-likeness (QED) is 0.362. The number of aromatic nitrogens is 2. The highest BCUT2D eigenvalue weighted by atomic mass is 16.5. The standard InChI is InChI=1S/C24H36N2O/c1-4-6-7-8-9-10-11-21-18-25-24(26-19-21)22-12-14-23(15-13-22)27-17-16-20(3)5-2/h12-15,18-20H,4-11,16-17H2,1-3H3. The third kappa shape index (κ3) is 8.11. The Bertz CT molecular complexity index is 622. The second-order valence-corrected chi connectivity index (χ2v) is 7.61. The van der Waals surface area contributed by atoms with Crippen LogP contribution < -0.4 is 4.74 Å². The van der Waals surface area contributed by atoms with Crippen LogP contribution in [0.3, 0.4) is 0 Å². The largest absolute Gasteiger partial charge is 0.494 e. The maximum absolute atomic E-state index is 5.83. The summed E-state index contributed by atoms with van der Waals surface area (Å²) in [6, 6.07) is 8.11. The molecule has 0 aliphatic rings. The molecule has 1 heterocycles. The summed E-state index contributed by atoms with van der Waals surface area (Å²) >= 11 is 0. The molecular weight excluding hydrogens is 332 g/mol. The molecule has 0 spiro atoms. The number of benzene rings is 1. The van der Waals surface area contributed by atoms with Crippen molar-refractivity contribution in [3.05, 3.63) is 42.2 Å². The normalized spacial score (nSPS) is 12.1. The van der Waals surface area contributed by atoms with Gasteiger partial charge < -0.3 is 4.74 Å². The Morgan fingerprint density at radius 1 is 0.889 bits per heavy atom. The van der Waals surface area contributed by atoms with Gasteiger partial charge in [0.25, 0.3) is 0 Å². The Kier molecular flexibility index (Phi) is 9.89. The molecular formula is C24H36N2O. The first-order chi connectivity index (χ1) is 13.2. The van der Waals surface area contributed by atoms with Gasteiger partial charge in [-0.1, -0.05) is 59.3 Å². The minimum atomic E-state index is 0.715. The van der Waals surface area contributed by atoms with E-state index < -0.39 is 0 Å². The third-order valence-electron chi connectivity index (χ3n) is 5.21. The van der Waals surface area contributed by atoms with Crippen LogP contribution in [0.2, 0.25) is 0 Å². The molecule has 2 rings (SSSR count). The van der Waals surface area contributed by atoms with E-state index in [9.17, 15) is 0 Å². The Hall–Kier alpha value is -1.90. The van der Waals surface area contributed by atoms with E-state index >= 15 is 0 Å². The van der Waals surface area contributed by atoms with Gasteiger partial charge in [0, 0.05) is 18.0 Å². The van der Waals surface area contributed by atoms with Crippen LogP contribution in [-0.2, 0) is 6.42 Å². The molecule has 1 atom stereocenters. The molecule has 3 heteroatoms. The van der Waals surface area contributed by atoms with Crippen molar-refractivity contribution in [2.45, 2.75) is 78.6 Å². The molecule has 1 aromatic heterocycles. The lowest BCUT2D eigenvalue weighted by atomic mass is 10.1. The first-order valence-electron chi connectivity index (χ1n) is 10.8. The molecule has 0 bridgehead atoms. The van der Waals surface area contributed by atoms with Gasteiger partial charge in [-0.3, -0.25) is 0 Å². The lowest BCUT2D eigenvalue weighted by Crippen LogP contribution is -2.03. The van der Waals surface area contributed by atoms with E-state index in [2.05, 4.69) is 30.7 Å². The summed E-state index contributed by atoms with van der Waals surface area (Å²) in [6.45, 7) is 7.52. The molecule has 148 valence electrons. The SMILES string of the molecule is CCCCCCCCc1cnc(-c2ccc(OCCC(C)CC)cc2)nc1. The summed E-state index contributed by atoms with van der Waals surface area (Å²) in [7, 11) is 0. The van der Waals surface area contributed by atoms with Gasteiger partial charge in [-0.2, -0.15) is 0 Å². The average Bonchev–Trinajstić information content (AvgIpc) is 2.71. The van der Waals surface area contributed by atoms with E-state index in [0.29, 0.717) is 5.92 Å². The summed E-state index contributed by atoms with van der Waals surface area (Å²) in [5.41, 5.74) is 2.27. The van der Waals surface area contributed by atoms with Crippen molar-refractivity contribution in [2.75, 3.05) is 6.61 Å². The Balaban J connectivity index is 1.77. The Labute approximate surface area is 165 Å². The van der Waals surface area contributed by atoms with Gasteiger partial charge in [0.05, 0.1) is 6.61 Å². The van der Waals surface area contributed by atoms with Crippen molar-refractivity contribution < 1.29 is 4.74 Å². The monoisotopic (exact) mass is 368 g/mol. The van der Waals surface area contributed by atoms with E-state index in [4.69, 9.17) is 4.74 Å². The van der Waals surface area contributed by atoms with Crippen molar-refractivity contribution in [2.24, 2.45) is 5.92 Å². The third-order valence-corrected chi connectivity index (χ3v) is 5.21. The number of hydrogen-bond donors (Lipinski definition) is 0. The number of ether oxygens (including phenoxy) is 1. The van der Waals surface area contributed by atoms with Crippen LogP contribution >= 0.6 is 0 Å². The molecule has 27 heavy (non-hydrogen) atoms. The second kappa shape index (κ2) is 12.5. The Morgan fingerprint density at radius 2 is 1.56 bits per heavy atom. The molecule has 1 aromatic carbocycles. The van der Waals surface area contributed by atoms with Crippen molar-refractivity contribution in [1.82, 2.24) is 9.97 Å². The van der Waals surface area contributed by atoms with E-state index in [-0.39, 0.29) is 0 Å². The van der Waals surface area contributed by atoms with Crippen molar-refractivity contribution in [1.29, 1.82) is 0 Å². The smallest absolute Gasteiger partial charge is 0.159 e. The predicted octanol–water partition coefficient (Wildman–Crippen LogP) is 6.86. The average molecular weight is 369 g/mol. The predicted molar refractivity (Wildman–Crippen MR) is 114 cm³/mol. The van der Waals surface area contributed by atoms with Crippen LogP contribution in [0.1, 0.15) is 77.7 Å². The summed E-state index contributed by atoms with van der Waals surface area (Å²) in [6.07, 6.45) is 15.2. The molecule has 0 radical (unpaired) electrons. The van der Waals surface area contributed by atoms with E-state index in [0.717, 1.165) is 36.6 Å². The lowest BCUT2D eigenvalue weighted by molar-refractivity contribution is 0.282. The zero-order valence-corrected chi connectivity index (χ0v) is 17.4. The number of nitrogens with zero attached hydrogens (tertiary/aromatic N) is 2. The number of unbranched alkanes of at least 4 members (excludes halogenated alkanes) is 5. The van der Waals surface area contributed by atoms with Crippen molar-refractivity contribution >= 4 is 0 Å². The van der Waals surface area contributed by atoms with E-state index in [1.54, 1.807) is 0 Å². The first kappa shape index (κ1) is 21.4. The van der Waals surface area contributed by atoms with Gasteiger partial charge in [-0.15, -0.1) is 0 Å². The maximum atomic E-state index is 5.83. The van der Waals surface area contributed by atoms with Gasteiger partial charge in [0.15, 0.2) is 5.82 Å². The molecule has 0 fully saturated rings. The molecule has 3 nitrogen and oxygen atoms in total. The highest BCUT2D eigenvalue weighted by Gasteiger charge is 2.04. The zero-order chi connectivity index (χ0) is 19.3. The zero-order valence-electron chi connectivity index (χ0n) is 17.4. The van der Waals surface area contributed by atoms with Gasteiger partial charge in [-0.05, 0) is 55.0 Å². The molecule has 0 saturated heterocycles. The molecule has 2 aromatic rings. The fraction of sp³-hybridized carbons (Fsp3) is 0.583. The molecule has 0 N–H and O–H groups in total. The van der Waals surface area contributed by atoms with Crippen LogP contribution in [0.5, 0.6) is 5.75 Å². The van der Waals surface area contributed by atoms with Crippen LogP contribution in [0.25, 0.3) is 11.4 Å². The van der Waals surface area contributed by atoms with Crippen LogP contribution in [0, 0.1) is 5.92 Å². The van der Waals surface area contributed by atoms with Gasteiger partial charge in [-0.25, -0.2) is 9.97 Å². The Morgan fingerprint density at radius 3 is 2.22 bits per heavy atom. The van der Waals surface area contributed by atoms with E-state index in [1.165, 1.54) is 50.5 Å². The topological polar surface area (TPSA) is 35.0 Å². The summed E-state index contributed by atoms with van der Waals surface area (Å²) in [5, 5.41) is 0. The van der Waals surface area contributed by atoms with Crippen LogP contribution in [0.4, 0.5) is 0 Å². The fourth-order valence-corrected chi connectivity index (χ4v) is 3.02. The number of hydrogen-bond acceptors (Lipinski definition) is 3. The highest BCUT2D eigenvalue weighted by molar-refractivity contribution is 5.55. The van der Waals surface area contributed by atoms with Gasteiger partial charge in [0.2, 0.25) is 0 Å². The van der Waals surface area contributed by atoms with E-state index in [1.807, 2.05) is 36.7 Å². The number of aryl methyl sites for hydroxylation is 1. The van der Waals surface area contributed by atoms with Gasteiger partial charge >= 0.3 is 0 Å². The highest BCUT2D eigenvalue weighted by Crippen LogP contribution is 2.20. The summed E-state index contributed by atoms with van der Waals surface area (Å²) in [4.78, 5) is 9.10. The fourth-order valence-electron chi connectivity index (χ4n) is 3.02. The molecule has 1 unspecified atom stereocenters. The molecule has 0 aliphatic carbocycles. The van der Waals surface area contributed by atoms with Crippen molar-refractivity contribution in [3.63, 3.8) is 0 Å². The number of rotatable bonds is 13. The first-order valence-corrected chi connectivity index (χ1v) is 10.8. The molecule has 0 aliphatic heterocycles. The van der Waals surface area contributed by atoms with Crippen LogP contribution in [0.15, 0.2) is 36.7 Å². The molecule has 0 saturated carbocycles. The summed E-state index contributed by atoms with van der Waals surface area (Å²) < 4.78 is 5.83. The minimum absolute atomic E-state index is 0.715. The minimum Gasteiger partial charge on any atom is -0.494 e.